The molecule has 0 fully saturated rings. The molecule has 0 heterocycles. The van der Waals surface area contributed by atoms with Crippen molar-refractivity contribution in [1.29, 1.82) is 0 Å². The maximum Gasteiger partial charge on any atom is 0 e. The third-order valence-electron chi connectivity index (χ3n) is 1.88. The van der Waals surface area contributed by atoms with Crippen molar-refractivity contribution in [2.45, 2.75) is 13.8 Å². The van der Waals surface area contributed by atoms with Crippen molar-refractivity contribution >= 4 is 13.2 Å². The van der Waals surface area contributed by atoms with Gasteiger partial charge in [0.25, 0.3) is 0 Å². The molecule has 0 aromatic heterocycles. The summed E-state index contributed by atoms with van der Waals surface area (Å²) in [6.45, 7) is 27.1. The van der Waals surface area contributed by atoms with E-state index in [0.29, 0.717) is 0 Å². The molecule has 0 unspecified atom stereocenters. The molecule has 0 bridgehead atoms. The number of hydrogen-bond acceptors (Lipinski definition) is 4. The van der Waals surface area contributed by atoms with Gasteiger partial charge in [0, 0.05) is 17.1 Å². The van der Waals surface area contributed by atoms with Crippen LogP contribution >= 0.6 is 7.92 Å². The van der Waals surface area contributed by atoms with E-state index in [-0.39, 0.29) is 25.0 Å². The molecular weight excluding hydrogens is 446 g/mol. The zero-order valence-electron chi connectivity index (χ0n) is 14.2. The number of rotatable bonds is 3. The van der Waals surface area contributed by atoms with Crippen molar-refractivity contribution in [2.75, 3.05) is 12.3 Å². The molecule has 0 aliphatic heterocycles. The second-order valence-electron chi connectivity index (χ2n) is 2.89. The minimum atomic E-state index is -4.94. The summed E-state index contributed by atoms with van der Waals surface area (Å²) in [5.41, 5.74) is 0. The average molecular weight is 461 g/mol. The molecule has 1 rings (SSSR count). The average Bonchev–Trinajstić information content (AvgIpc) is 2.70. The summed E-state index contributed by atoms with van der Waals surface area (Å²) in [7, 11) is -4.80. The van der Waals surface area contributed by atoms with Crippen LogP contribution in [0.25, 0.3) is 0 Å². The van der Waals surface area contributed by atoms with Crippen molar-refractivity contribution in [1.82, 2.24) is 0 Å². The molecule has 0 N–H and O–H groups in total. The van der Waals surface area contributed by atoms with Crippen LogP contribution < -0.4 is 23.9 Å². The second kappa shape index (κ2) is 44.4. The van der Waals surface area contributed by atoms with Crippen molar-refractivity contribution in [3.05, 3.63) is 63.6 Å². The number of halogens is 1. The summed E-state index contributed by atoms with van der Waals surface area (Å²) in [5, 5.41) is 1.55. The molecule has 0 atom stereocenters. The summed E-state index contributed by atoms with van der Waals surface area (Å²) in [4.78, 5) is 0. The Bertz CT molecular complexity index is 425. The standard InChI is InChI=1S/C10H15P.5CO.ClHO4.Mn/c1-3-11(4-2)10-8-6-5-7-9-10;5*1-2;2-1(3,4)5;/h5-9H,3-4H2,1-2H3;;;;;;(H,2,3,4,5);/p-1. The van der Waals surface area contributed by atoms with Crippen LogP contribution in [0.15, 0.2) is 30.3 Å². The summed E-state index contributed by atoms with van der Waals surface area (Å²) >= 11 is 0. The van der Waals surface area contributed by atoms with Crippen LogP contribution in [0.4, 0.5) is 0 Å². The van der Waals surface area contributed by atoms with Gasteiger partial charge in [0.1, 0.15) is 0 Å². The fourth-order valence-electron chi connectivity index (χ4n) is 1.23. The fraction of sp³-hybridized carbons (Fsp3) is 0.267. The Morgan fingerprint density at radius 3 is 1.11 bits per heavy atom. The Labute approximate surface area is 172 Å². The first-order valence-electron chi connectivity index (χ1n) is 5.82. The van der Waals surface area contributed by atoms with E-state index in [1.54, 1.807) is 5.30 Å². The topological polar surface area (TPSA) is 192 Å². The molecule has 12 heteroatoms. The molecule has 0 amide bonds. The van der Waals surface area contributed by atoms with Crippen LogP contribution in [0.2, 0.25) is 0 Å². The van der Waals surface area contributed by atoms with Gasteiger partial charge >= 0.3 is 56.5 Å². The third-order valence-corrected chi connectivity index (χ3v) is 4.44. The molecule has 1 radical (unpaired) electrons. The molecule has 9 nitrogen and oxygen atoms in total. The predicted octanol–water partition coefficient (Wildman–Crippen LogP) is -2.11. The van der Waals surface area contributed by atoms with Crippen molar-refractivity contribution in [3.63, 3.8) is 0 Å². The van der Waals surface area contributed by atoms with Crippen LogP contribution in [0.5, 0.6) is 0 Å². The first-order valence-corrected chi connectivity index (χ1v) is 8.77. The maximum atomic E-state index is 8.49. The Balaban J connectivity index is -0.0000000428. The minimum Gasteiger partial charge on any atom is -0.222 e. The molecule has 149 valence electrons. The normalized spacial score (nSPS) is 6.85. The van der Waals surface area contributed by atoms with Crippen LogP contribution in [-0.2, 0) is 40.3 Å². The monoisotopic (exact) mass is 460 g/mol. The molecule has 0 aliphatic rings. The molecule has 1 aromatic rings. The molecule has 0 spiro atoms. The van der Waals surface area contributed by atoms with Crippen LogP contribution in [0.3, 0.4) is 0 Å². The molecule has 0 saturated heterocycles. The molecular formula is C15H15ClMnO9P-. The van der Waals surface area contributed by atoms with Gasteiger partial charge in [0.2, 0.25) is 0 Å². The SMILES string of the molecule is CCP(CC)c1ccccc1.[C-]#[O+].[C-]#[O+].[C-]#[O+].[C-]#[O+].[C-]#[O+].[Mn].[O-][Cl+3]([O-])([O-])[O-]. The Morgan fingerprint density at radius 2 is 0.926 bits per heavy atom. The van der Waals surface area contributed by atoms with E-state index < -0.39 is 10.2 Å². The van der Waals surface area contributed by atoms with E-state index in [2.05, 4.69) is 77.4 Å². The predicted molar refractivity (Wildman–Crippen MR) is 73.7 cm³/mol. The quantitative estimate of drug-likeness (QED) is 0.216. The van der Waals surface area contributed by atoms with Crippen LogP contribution in [-0.4, -0.2) is 12.3 Å². The van der Waals surface area contributed by atoms with Gasteiger partial charge in [-0.15, -0.1) is 10.2 Å². The van der Waals surface area contributed by atoms with E-state index in [1.165, 1.54) is 12.3 Å². The van der Waals surface area contributed by atoms with Gasteiger partial charge in [0.15, 0.2) is 0 Å². The minimum absolute atomic E-state index is 0. The van der Waals surface area contributed by atoms with Gasteiger partial charge in [0.05, 0.1) is 0 Å². The fourth-order valence-corrected chi connectivity index (χ4v) is 3.00. The van der Waals surface area contributed by atoms with Gasteiger partial charge in [-0.05, 0) is 17.6 Å². The first-order chi connectivity index (χ1) is 12.4. The van der Waals surface area contributed by atoms with E-state index in [4.69, 9.17) is 41.9 Å². The van der Waals surface area contributed by atoms with Gasteiger partial charge in [-0.2, -0.15) is 0 Å². The summed E-state index contributed by atoms with van der Waals surface area (Å²) < 4.78 is 71.5. The van der Waals surface area contributed by atoms with E-state index in [1.807, 2.05) is 0 Å². The maximum absolute atomic E-state index is 8.49. The van der Waals surface area contributed by atoms with Gasteiger partial charge < -0.3 is 0 Å². The van der Waals surface area contributed by atoms with E-state index >= 15 is 0 Å². The van der Waals surface area contributed by atoms with Crippen molar-refractivity contribution in [2.24, 2.45) is 0 Å². The third kappa shape index (κ3) is 58.8. The van der Waals surface area contributed by atoms with Crippen LogP contribution in [0, 0.1) is 43.5 Å². The molecule has 1 aromatic carbocycles. The zero-order valence-corrected chi connectivity index (χ0v) is 17.0. The summed E-state index contributed by atoms with van der Waals surface area (Å²) in [5.74, 6) is 0. The van der Waals surface area contributed by atoms with Crippen molar-refractivity contribution in [3.8, 4) is 0 Å². The summed E-state index contributed by atoms with van der Waals surface area (Å²) in [6.07, 6.45) is 2.63. The first kappa shape index (κ1) is 45.0. The van der Waals surface area contributed by atoms with Gasteiger partial charge in [-0.25, -0.2) is 18.6 Å². The molecule has 27 heavy (non-hydrogen) atoms. The van der Waals surface area contributed by atoms with Crippen LogP contribution in [0.1, 0.15) is 13.8 Å². The van der Waals surface area contributed by atoms with Crippen molar-refractivity contribution < 1.29 is 69.2 Å². The largest absolute Gasteiger partial charge is 0.222 e. The Kier molecular flexibility index (Phi) is 74.1. The molecule has 0 aliphatic carbocycles. The molecule has 0 saturated carbocycles. The van der Waals surface area contributed by atoms with E-state index in [0.717, 1.165) is 0 Å². The number of hydrogen-bond donors (Lipinski definition) is 0. The van der Waals surface area contributed by atoms with E-state index in [9.17, 15) is 0 Å². The zero-order chi connectivity index (χ0) is 22.6. The Hall–Kier alpha value is -1.00. The summed E-state index contributed by atoms with van der Waals surface area (Å²) in [6, 6.07) is 10.9. The van der Waals surface area contributed by atoms with Gasteiger partial charge in [-0.1, -0.05) is 52.1 Å². The Morgan fingerprint density at radius 1 is 0.704 bits per heavy atom. The number of benzene rings is 1. The van der Waals surface area contributed by atoms with Gasteiger partial charge in [-0.3, -0.25) is 0 Å². The smallest absolute Gasteiger partial charge is 0 e. The second-order valence-corrected chi connectivity index (χ2v) is 6.50.